The molecule has 5 heteroatoms. The topological polar surface area (TPSA) is 41.9 Å². The number of para-hydroxylation sites is 1. The van der Waals surface area contributed by atoms with Gasteiger partial charge in [-0.2, -0.15) is 0 Å². The number of piperidine rings is 1. The molecular weight excluding hydrogens is 350 g/mol. The summed E-state index contributed by atoms with van der Waals surface area (Å²) in [6.45, 7) is 2.86. The molecule has 0 radical (unpaired) electrons. The molecule has 1 saturated heterocycles. The molecule has 0 bridgehead atoms. The minimum Gasteiger partial charge on any atom is -0.496 e. The average Bonchev–Trinajstić information content (AvgIpc) is 2.68. The van der Waals surface area contributed by atoms with Crippen molar-refractivity contribution >= 4 is 11.6 Å². The lowest BCUT2D eigenvalue weighted by atomic mass is 9.88. The fourth-order valence-electron chi connectivity index (χ4n) is 3.50. The third kappa shape index (κ3) is 5.13. The highest BCUT2D eigenvalue weighted by Crippen LogP contribution is 2.33. The minimum absolute atomic E-state index is 0.286. The summed E-state index contributed by atoms with van der Waals surface area (Å²) in [4.78, 5) is 2.31. The molecule has 26 heavy (non-hydrogen) atoms. The van der Waals surface area contributed by atoms with Gasteiger partial charge in [0.05, 0.1) is 7.11 Å². The Morgan fingerprint density at radius 3 is 2.50 bits per heavy atom. The molecule has 1 unspecified atom stereocenters. The monoisotopic (exact) mass is 375 g/mol. The van der Waals surface area contributed by atoms with Gasteiger partial charge in [0.25, 0.3) is 0 Å². The number of β-amino-alcohol motifs (C(OH)–C–C–N with tert-alkyl or cyclic N) is 1. The van der Waals surface area contributed by atoms with Crippen LogP contribution < -0.4 is 9.47 Å². The maximum atomic E-state index is 10.3. The summed E-state index contributed by atoms with van der Waals surface area (Å²) in [5, 5.41) is 10.9. The lowest BCUT2D eigenvalue weighted by Gasteiger charge is -2.33. The lowest BCUT2D eigenvalue weighted by molar-refractivity contribution is 0.0593. The molecule has 1 fully saturated rings. The summed E-state index contributed by atoms with van der Waals surface area (Å²) in [5.74, 6) is 2.22. The third-order valence-electron chi connectivity index (χ3n) is 4.89. The van der Waals surface area contributed by atoms with Gasteiger partial charge >= 0.3 is 0 Å². The highest BCUT2D eigenvalue weighted by molar-refractivity contribution is 6.30. The van der Waals surface area contributed by atoms with Crippen LogP contribution in [0.5, 0.6) is 11.5 Å². The standard InChI is InChI=1S/C21H26ClNO3/c1-25-21-5-3-2-4-20(21)16-10-12-23(13-11-16)14-18(24)15-26-19-8-6-17(22)7-9-19/h2-9,16,18,24H,10-15H2,1H3. The highest BCUT2D eigenvalue weighted by atomic mass is 35.5. The Morgan fingerprint density at radius 1 is 1.12 bits per heavy atom. The fourth-order valence-corrected chi connectivity index (χ4v) is 3.63. The Morgan fingerprint density at radius 2 is 1.81 bits per heavy atom. The van der Waals surface area contributed by atoms with Crippen LogP contribution in [0.2, 0.25) is 5.02 Å². The molecule has 2 aromatic carbocycles. The van der Waals surface area contributed by atoms with E-state index in [1.807, 2.05) is 24.3 Å². The number of ether oxygens (including phenoxy) is 2. The number of hydrogen-bond acceptors (Lipinski definition) is 4. The summed E-state index contributed by atoms with van der Waals surface area (Å²) < 4.78 is 11.1. The summed E-state index contributed by atoms with van der Waals surface area (Å²) in [5.41, 5.74) is 1.29. The van der Waals surface area contributed by atoms with E-state index in [0.717, 1.165) is 37.4 Å². The molecule has 1 N–H and O–H groups in total. The van der Waals surface area contributed by atoms with Gasteiger partial charge in [0.1, 0.15) is 24.2 Å². The van der Waals surface area contributed by atoms with Gasteiger partial charge in [0, 0.05) is 11.6 Å². The second-order valence-electron chi connectivity index (χ2n) is 6.74. The molecule has 0 amide bonds. The smallest absolute Gasteiger partial charge is 0.122 e. The van der Waals surface area contributed by atoms with Crippen molar-refractivity contribution in [1.29, 1.82) is 0 Å². The Bertz CT molecular complexity index is 684. The van der Waals surface area contributed by atoms with Crippen molar-refractivity contribution in [3.8, 4) is 11.5 Å². The third-order valence-corrected chi connectivity index (χ3v) is 5.14. The molecule has 0 aliphatic carbocycles. The van der Waals surface area contributed by atoms with Crippen LogP contribution in [0.3, 0.4) is 0 Å². The second-order valence-corrected chi connectivity index (χ2v) is 7.17. The normalized spacial score (nSPS) is 17.0. The second kappa shape index (κ2) is 9.26. The molecule has 4 nitrogen and oxygen atoms in total. The van der Waals surface area contributed by atoms with Crippen molar-refractivity contribution < 1.29 is 14.6 Å². The van der Waals surface area contributed by atoms with Crippen LogP contribution in [0, 0.1) is 0 Å². The molecule has 140 valence electrons. The van der Waals surface area contributed by atoms with Gasteiger partial charge in [-0.15, -0.1) is 0 Å². The van der Waals surface area contributed by atoms with Gasteiger partial charge in [0.2, 0.25) is 0 Å². The van der Waals surface area contributed by atoms with E-state index in [2.05, 4.69) is 17.0 Å². The maximum absolute atomic E-state index is 10.3. The van der Waals surface area contributed by atoms with Gasteiger partial charge < -0.3 is 19.5 Å². The molecule has 1 heterocycles. The quantitative estimate of drug-likeness (QED) is 0.795. The predicted molar refractivity (Wildman–Crippen MR) is 104 cm³/mol. The lowest BCUT2D eigenvalue weighted by Crippen LogP contribution is -2.40. The summed E-state index contributed by atoms with van der Waals surface area (Å²) in [7, 11) is 1.73. The zero-order valence-electron chi connectivity index (χ0n) is 15.1. The molecule has 0 spiro atoms. The van der Waals surface area contributed by atoms with Crippen molar-refractivity contribution in [2.24, 2.45) is 0 Å². The van der Waals surface area contributed by atoms with E-state index in [0.29, 0.717) is 17.5 Å². The zero-order valence-corrected chi connectivity index (χ0v) is 15.9. The van der Waals surface area contributed by atoms with Crippen LogP contribution in [0.15, 0.2) is 48.5 Å². The van der Waals surface area contributed by atoms with E-state index in [4.69, 9.17) is 21.1 Å². The largest absolute Gasteiger partial charge is 0.496 e. The number of aliphatic hydroxyl groups is 1. The van der Waals surface area contributed by atoms with Gasteiger partial charge in [-0.3, -0.25) is 0 Å². The first-order valence-electron chi connectivity index (χ1n) is 9.07. The van der Waals surface area contributed by atoms with Crippen molar-refractivity contribution in [3.63, 3.8) is 0 Å². The number of nitrogens with zero attached hydrogens (tertiary/aromatic N) is 1. The number of hydrogen-bond donors (Lipinski definition) is 1. The molecule has 0 aromatic heterocycles. The molecule has 1 atom stereocenters. The molecule has 2 aromatic rings. The number of likely N-dealkylation sites (tertiary alicyclic amines) is 1. The molecule has 1 aliphatic heterocycles. The molecule has 3 rings (SSSR count). The van der Waals surface area contributed by atoms with Crippen LogP contribution in [0.4, 0.5) is 0 Å². The Balaban J connectivity index is 1.44. The van der Waals surface area contributed by atoms with E-state index < -0.39 is 6.10 Å². The first kappa shape index (κ1) is 19.0. The maximum Gasteiger partial charge on any atom is 0.122 e. The van der Waals surface area contributed by atoms with Crippen molar-refractivity contribution in [2.75, 3.05) is 33.4 Å². The SMILES string of the molecule is COc1ccccc1C1CCN(CC(O)COc2ccc(Cl)cc2)CC1. The van der Waals surface area contributed by atoms with Crippen LogP contribution >= 0.6 is 11.6 Å². The van der Waals surface area contributed by atoms with Crippen LogP contribution in [-0.4, -0.2) is 49.5 Å². The summed E-state index contributed by atoms with van der Waals surface area (Å²) >= 11 is 5.86. The van der Waals surface area contributed by atoms with Crippen LogP contribution in [-0.2, 0) is 0 Å². The highest BCUT2D eigenvalue weighted by Gasteiger charge is 2.24. The first-order valence-corrected chi connectivity index (χ1v) is 9.45. The van der Waals surface area contributed by atoms with Crippen molar-refractivity contribution in [3.05, 3.63) is 59.1 Å². The molecule has 0 saturated carbocycles. The number of aliphatic hydroxyl groups excluding tert-OH is 1. The fraction of sp³-hybridized carbons (Fsp3) is 0.429. The molecule has 1 aliphatic rings. The van der Waals surface area contributed by atoms with Gasteiger partial charge in [-0.25, -0.2) is 0 Å². The van der Waals surface area contributed by atoms with E-state index in [1.165, 1.54) is 5.56 Å². The zero-order chi connectivity index (χ0) is 18.4. The van der Waals surface area contributed by atoms with Gasteiger partial charge in [-0.05, 0) is 67.7 Å². The Labute approximate surface area is 160 Å². The van der Waals surface area contributed by atoms with E-state index in [9.17, 15) is 5.11 Å². The van der Waals surface area contributed by atoms with Crippen molar-refractivity contribution in [2.45, 2.75) is 24.9 Å². The van der Waals surface area contributed by atoms with Crippen molar-refractivity contribution in [1.82, 2.24) is 4.90 Å². The number of halogens is 1. The van der Waals surface area contributed by atoms with Crippen LogP contribution in [0.1, 0.15) is 24.3 Å². The Hall–Kier alpha value is -1.75. The number of methoxy groups -OCH3 is 1. The summed E-state index contributed by atoms with van der Waals surface area (Å²) in [6, 6.07) is 15.5. The minimum atomic E-state index is -0.506. The van der Waals surface area contributed by atoms with Crippen LogP contribution in [0.25, 0.3) is 0 Å². The molecular formula is C21H26ClNO3. The van der Waals surface area contributed by atoms with E-state index >= 15 is 0 Å². The van der Waals surface area contributed by atoms with Gasteiger partial charge in [-0.1, -0.05) is 29.8 Å². The predicted octanol–water partition coefficient (Wildman–Crippen LogP) is 3.97. The summed E-state index contributed by atoms with van der Waals surface area (Å²) in [6.07, 6.45) is 1.64. The van der Waals surface area contributed by atoms with Gasteiger partial charge in [0.15, 0.2) is 0 Å². The number of benzene rings is 2. The van der Waals surface area contributed by atoms with E-state index in [1.54, 1.807) is 19.2 Å². The van der Waals surface area contributed by atoms with E-state index in [-0.39, 0.29) is 6.61 Å². The number of rotatable bonds is 7. The first-order chi connectivity index (χ1) is 12.7. The Kier molecular flexibility index (Phi) is 6.78. The average molecular weight is 376 g/mol.